The first kappa shape index (κ1) is 18.5. The highest BCUT2D eigenvalue weighted by molar-refractivity contribution is 7.10. The first-order chi connectivity index (χ1) is 10.3. The number of hydrogen-bond acceptors (Lipinski definition) is 5. The summed E-state index contributed by atoms with van der Waals surface area (Å²) in [5.41, 5.74) is 0.211. The van der Waals surface area contributed by atoms with Gasteiger partial charge in [0.15, 0.2) is 0 Å². The molecule has 122 valence electrons. The second kappa shape index (κ2) is 8.76. The van der Waals surface area contributed by atoms with Crippen molar-refractivity contribution in [3.63, 3.8) is 0 Å². The molecule has 0 fully saturated rings. The molecule has 0 radical (unpaired) electrons. The third kappa shape index (κ3) is 7.43. The molecule has 1 heterocycles. The van der Waals surface area contributed by atoms with E-state index in [1.807, 2.05) is 32.2 Å². The Balaban J connectivity index is 2.41. The first-order valence-electron chi connectivity index (χ1n) is 7.51. The molecular formula is C16H25N3O2S. The Bertz CT molecular complexity index is 514. The van der Waals surface area contributed by atoms with Gasteiger partial charge in [0.1, 0.15) is 11.7 Å². The standard InChI is InChI=1S/C16H25N3O2S/c1-5-6-13(9-19-15(20)21-16(2,3)4)18-10-14-7-12(8-17)11-22-14/h7,11,13,18H,5-6,9-10H2,1-4H3,(H,19,20). The number of hydrogen-bond donors (Lipinski definition) is 2. The Morgan fingerprint density at radius 3 is 2.77 bits per heavy atom. The van der Waals surface area contributed by atoms with Gasteiger partial charge in [-0.3, -0.25) is 0 Å². The lowest BCUT2D eigenvalue weighted by Crippen LogP contribution is -2.42. The van der Waals surface area contributed by atoms with Crippen LogP contribution in [0.5, 0.6) is 0 Å². The summed E-state index contributed by atoms with van der Waals surface area (Å²) in [6.07, 6.45) is 1.60. The highest BCUT2D eigenvalue weighted by Gasteiger charge is 2.17. The molecule has 0 saturated heterocycles. The van der Waals surface area contributed by atoms with Gasteiger partial charge >= 0.3 is 6.09 Å². The van der Waals surface area contributed by atoms with Crippen LogP contribution < -0.4 is 10.6 Å². The van der Waals surface area contributed by atoms with Crippen molar-refractivity contribution in [2.24, 2.45) is 0 Å². The van der Waals surface area contributed by atoms with E-state index < -0.39 is 11.7 Å². The Labute approximate surface area is 136 Å². The molecule has 0 aliphatic carbocycles. The molecular weight excluding hydrogens is 298 g/mol. The Morgan fingerprint density at radius 2 is 2.23 bits per heavy atom. The molecule has 0 saturated carbocycles. The average Bonchev–Trinajstić information content (AvgIpc) is 2.88. The van der Waals surface area contributed by atoms with E-state index in [0.717, 1.165) is 17.7 Å². The lowest BCUT2D eigenvalue weighted by molar-refractivity contribution is 0.0521. The number of ether oxygens (including phenoxy) is 1. The first-order valence-corrected chi connectivity index (χ1v) is 8.39. The molecule has 0 bridgehead atoms. The number of thiophene rings is 1. The van der Waals surface area contributed by atoms with Crippen LogP contribution in [0.4, 0.5) is 4.79 Å². The lowest BCUT2D eigenvalue weighted by atomic mass is 10.1. The van der Waals surface area contributed by atoms with Crippen LogP contribution in [0, 0.1) is 11.3 Å². The number of carbonyl (C=O) groups excluding carboxylic acids is 1. The van der Waals surface area contributed by atoms with Crippen molar-refractivity contribution in [3.8, 4) is 6.07 Å². The largest absolute Gasteiger partial charge is 0.444 e. The van der Waals surface area contributed by atoms with E-state index >= 15 is 0 Å². The molecule has 1 atom stereocenters. The van der Waals surface area contributed by atoms with Crippen LogP contribution >= 0.6 is 11.3 Å². The average molecular weight is 323 g/mol. The van der Waals surface area contributed by atoms with E-state index in [-0.39, 0.29) is 6.04 Å². The Kier molecular flexibility index (Phi) is 7.36. The summed E-state index contributed by atoms with van der Waals surface area (Å²) >= 11 is 1.57. The number of amides is 1. The van der Waals surface area contributed by atoms with Crippen molar-refractivity contribution in [3.05, 3.63) is 21.9 Å². The number of nitrogens with one attached hydrogen (secondary N) is 2. The number of nitrogens with zero attached hydrogens (tertiary/aromatic N) is 1. The van der Waals surface area contributed by atoms with E-state index in [1.165, 1.54) is 0 Å². The number of rotatable bonds is 7. The summed E-state index contributed by atoms with van der Waals surface area (Å²) in [7, 11) is 0. The van der Waals surface area contributed by atoms with Gasteiger partial charge < -0.3 is 15.4 Å². The van der Waals surface area contributed by atoms with Crippen molar-refractivity contribution >= 4 is 17.4 Å². The smallest absolute Gasteiger partial charge is 0.407 e. The van der Waals surface area contributed by atoms with Gasteiger partial charge in [-0.1, -0.05) is 13.3 Å². The third-order valence-electron chi connectivity index (χ3n) is 2.88. The van der Waals surface area contributed by atoms with E-state index in [4.69, 9.17) is 10.00 Å². The van der Waals surface area contributed by atoms with E-state index in [2.05, 4.69) is 23.6 Å². The quantitative estimate of drug-likeness (QED) is 0.806. The van der Waals surface area contributed by atoms with Gasteiger partial charge in [-0.25, -0.2) is 4.79 Å². The maximum Gasteiger partial charge on any atom is 0.407 e. The normalized spacial score (nSPS) is 12.5. The molecule has 0 aliphatic heterocycles. The molecule has 1 amide bonds. The molecule has 22 heavy (non-hydrogen) atoms. The molecule has 0 spiro atoms. The fourth-order valence-corrected chi connectivity index (χ4v) is 2.68. The number of alkyl carbamates (subject to hydrolysis) is 1. The molecule has 5 nitrogen and oxygen atoms in total. The summed E-state index contributed by atoms with van der Waals surface area (Å²) in [6, 6.07) is 4.21. The summed E-state index contributed by atoms with van der Waals surface area (Å²) < 4.78 is 5.24. The minimum absolute atomic E-state index is 0.185. The van der Waals surface area contributed by atoms with Crippen molar-refractivity contribution in [2.75, 3.05) is 6.54 Å². The van der Waals surface area contributed by atoms with Gasteiger partial charge in [-0.05, 0) is 33.3 Å². The molecule has 1 unspecified atom stereocenters. The van der Waals surface area contributed by atoms with Crippen molar-refractivity contribution in [1.29, 1.82) is 5.26 Å². The fourth-order valence-electron chi connectivity index (χ4n) is 1.92. The van der Waals surface area contributed by atoms with E-state index in [0.29, 0.717) is 18.7 Å². The minimum Gasteiger partial charge on any atom is -0.444 e. The Hall–Kier alpha value is -1.58. The van der Waals surface area contributed by atoms with Crippen LogP contribution in [0.25, 0.3) is 0 Å². The van der Waals surface area contributed by atoms with Crippen LogP contribution in [-0.2, 0) is 11.3 Å². The maximum absolute atomic E-state index is 11.7. The zero-order valence-electron chi connectivity index (χ0n) is 13.7. The topological polar surface area (TPSA) is 74.2 Å². The lowest BCUT2D eigenvalue weighted by Gasteiger charge is -2.22. The van der Waals surface area contributed by atoms with Crippen LogP contribution in [-0.4, -0.2) is 24.3 Å². The summed E-state index contributed by atoms with van der Waals surface area (Å²) in [6.45, 7) is 8.88. The van der Waals surface area contributed by atoms with Crippen LogP contribution in [0.2, 0.25) is 0 Å². The maximum atomic E-state index is 11.7. The molecule has 1 rings (SSSR count). The predicted molar refractivity (Wildman–Crippen MR) is 88.8 cm³/mol. The van der Waals surface area contributed by atoms with Gasteiger partial charge in [0.25, 0.3) is 0 Å². The van der Waals surface area contributed by atoms with Crippen molar-refractivity contribution in [2.45, 2.75) is 58.7 Å². The van der Waals surface area contributed by atoms with Gasteiger partial charge in [-0.2, -0.15) is 5.26 Å². The summed E-state index contributed by atoms with van der Waals surface area (Å²) in [5, 5.41) is 16.9. The molecule has 2 N–H and O–H groups in total. The molecule has 1 aromatic rings. The minimum atomic E-state index is -0.484. The van der Waals surface area contributed by atoms with Gasteiger partial charge in [0.2, 0.25) is 0 Å². The number of carbonyl (C=O) groups is 1. The third-order valence-corrected chi connectivity index (χ3v) is 3.81. The number of nitriles is 1. The zero-order valence-corrected chi connectivity index (χ0v) is 14.5. The summed E-state index contributed by atoms with van der Waals surface area (Å²) in [4.78, 5) is 12.8. The van der Waals surface area contributed by atoms with Gasteiger partial charge in [-0.15, -0.1) is 11.3 Å². The predicted octanol–water partition coefficient (Wildman–Crippen LogP) is 3.40. The molecule has 0 aromatic carbocycles. The van der Waals surface area contributed by atoms with Gasteiger partial charge in [0, 0.05) is 29.4 Å². The SMILES string of the molecule is CCCC(CNC(=O)OC(C)(C)C)NCc1cc(C#N)cs1. The second-order valence-electron chi connectivity index (χ2n) is 6.16. The molecule has 6 heteroatoms. The van der Waals surface area contributed by atoms with Crippen molar-refractivity contribution in [1.82, 2.24) is 10.6 Å². The Morgan fingerprint density at radius 1 is 1.50 bits per heavy atom. The summed E-state index contributed by atoms with van der Waals surface area (Å²) in [5.74, 6) is 0. The van der Waals surface area contributed by atoms with E-state index in [1.54, 1.807) is 11.3 Å². The van der Waals surface area contributed by atoms with Crippen LogP contribution in [0.3, 0.4) is 0 Å². The fraction of sp³-hybridized carbons (Fsp3) is 0.625. The van der Waals surface area contributed by atoms with Crippen LogP contribution in [0.15, 0.2) is 11.4 Å². The molecule has 0 aliphatic rings. The monoisotopic (exact) mass is 323 g/mol. The highest BCUT2D eigenvalue weighted by atomic mass is 32.1. The van der Waals surface area contributed by atoms with Crippen LogP contribution in [0.1, 0.15) is 51.0 Å². The van der Waals surface area contributed by atoms with Gasteiger partial charge in [0.05, 0.1) is 5.56 Å². The van der Waals surface area contributed by atoms with Crippen molar-refractivity contribution < 1.29 is 9.53 Å². The van der Waals surface area contributed by atoms with E-state index in [9.17, 15) is 4.79 Å². The zero-order chi connectivity index (χ0) is 16.6. The highest BCUT2D eigenvalue weighted by Crippen LogP contribution is 2.14. The molecule has 1 aromatic heterocycles. The second-order valence-corrected chi connectivity index (χ2v) is 7.16.